The van der Waals surface area contributed by atoms with Crippen molar-refractivity contribution in [2.24, 2.45) is 5.92 Å². The second-order valence-corrected chi connectivity index (χ2v) is 5.00. The van der Waals surface area contributed by atoms with E-state index in [1.54, 1.807) is 0 Å². The minimum atomic E-state index is -0.136. The third-order valence-electron chi connectivity index (χ3n) is 2.80. The van der Waals surface area contributed by atoms with Crippen molar-refractivity contribution in [1.82, 2.24) is 10.2 Å². The highest BCUT2D eigenvalue weighted by molar-refractivity contribution is 6.01. The second kappa shape index (κ2) is 7.89. The third-order valence-corrected chi connectivity index (χ3v) is 2.80. The molecule has 0 aromatic carbocycles. The molecule has 0 aliphatic carbocycles. The molecule has 1 aliphatic rings. The van der Waals surface area contributed by atoms with Crippen LogP contribution in [0.5, 0.6) is 0 Å². The smallest absolute Gasteiger partial charge is 0.229 e. The van der Waals surface area contributed by atoms with Gasteiger partial charge in [-0.2, -0.15) is 0 Å². The molecule has 0 unspecified atom stereocenters. The Morgan fingerprint density at radius 3 is 2.47 bits per heavy atom. The van der Waals surface area contributed by atoms with Crippen molar-refractivity contribution >= 4 is 17.7 Å². The van der Waals surface area contributed by atoms with Gasteiger partial charge in [0, 0.05) is 25.8 Å². The minimum Gasteiger partial charge on any atom is -0.379 e. The van der Waals surface area contributed by atoms with E-state index in [9.17, 15) is 14.4 Å². The summed E-state index contributed by atoms with van der Waals surface area (Å²) < 4.78 is 5.26. The van der Waals surface area contributed by atoms with Crippen LogP contribution < -0.4 is 5.32 Å². The monoisotopic (exact) mass is 270 g/mol. The lowest BCUT2D eigenvalue weighted by atomic mass is 10.2. The van der Waals surface area contributed by atoms with E-state index in [-0.39, 0.29) is 30.9 Å². The molecule has 0 aromatic heterocycles. The molecule has 1 N–H and O–H groups in total. The molecule has 3 amide bonds. The van der Waals surface area contributed by atoms with Crippen LogP contribution in [0.1, 0.15) is 33.1 Å². The molecule has 108 valence electrons. The van der Waals surface area contributed by atoms with Gasteiger partial charge < -0.3 is 10.1 Å². The fourth-order valence-corrected chi connectivity index (χ4v) is 1.70. The first-order valence-electron chi connectivity index (χ1n) is 6.68. The molecule has 19 heavy (non-hydrogen) atoms. The summed E-state index contributed by atoms with van der Waals surface area (Å²) >= 11 is 0. The zero-order valence-corrected chi connectivity index (χ0v) is 11.6. The van der Waals surface area contributed by atoms with Gasteiger partial charge in [0.15, 0.2) is 0 Å². The molecule has 6 heteroatoms. The third kappa shape index (κ3) is 5.83. The van der Waals surface area contributed by atoms with E-state index in [0.717, 1.165) is 0 Å². The first-order chi connectivity index (χ1) is 9.00. The van der Waals surface area contributed by atoms with Gasteiger partial charge in [0.25, 0.3) is 0 Å². The quantitative estimate of drug-likeness (QED) is 0.509. The first-order valence-corrected chi connectivity index (χ1v) is 6.68. The summed E-state index contributed by atoms with van der Waals surface area (Å²) in [4.78, 5) is 35.2. The standard InChI is InChI=1S/C13H22N2O4/c1-10(2)9-14-11(16)5-7-19-8-6-15-12(17)3-4-13(15)18/h10H,3-9H2,1-2H3,(H,14,16). The number of ether oxygens (including phenoxy) is 1. The number of imide groups is 1. The molecule has 0 atom stereocenters. The summed E-state index contributed by atoms with van der Waals surface area (Å²) in [6.07, 6.45) is 0.904. The minimum absolute atomic E-state index is 0.0398. The number of hydrogen-bond acceptors (Lipinski definition) is 4. The predicted molar refractivity (Wildman–Crippen MR) is 69.2 cm³/mol. The van der Waals surface area contributed by atoms with Gasteiger partial charge in [-0.05, 0) is 5.92 Å². The van der Waals surface area contributed by atoms with E-state index in [0.29, 0.717) is 38.3 Å². The molecular formula is C13H22N2O4. The van der Waals surface area contributed by atoms with Gasteiger partial charge in [-0.15, -0.1) is 0 Å². The van der Waals surface area contributed by atoms with Gasteiger partial charge in [0.2, 0.25) is 17.7 Å². The number of hydrogen-bond donors (Lipinski definition) is 1. The molecule has 6 nitrogen and oxygen atoms in total. The molecule has 1 rings (SSSR count). The highest BCUT2D eigenvalue weighted by Crippen LogP contribution is 2.10. The van der Waals surface area contributed by atoms with Crippen molar-refractivity contribution in [1.29, 1.82) is 0 Å². The van der Waals surface area contributed by atoms with Crippen molar-refractivity contribution < 1.29 is 19.1 Å². The Morgan fingerprint density at radius 1 is 1.26 bits per heavy atom. The topological polar surface area (TPSA) is 75.7 Å². The summed E-state index contributed by atoms with van der Waals surface area (Å²) in [6.45, 7) is 5.59. The van der Waals surface area contributed by atoms with Crippen LogP contribution in [0.2, 0.25) is 0 Å². The first kappa shape index (κ1) is 15.6. The highest BCUT2D eigenvalue weighted by atomic mass is 16.5. The van der Waals surface area contributed by atoms with Crippen molar-refractivity contribution in [3.8, 4) is 0 Å². The van der Waals surface area contributed by atoms with Crippen LogP contribution in [-0.4, -0.2) is 48.9 Å². The summed E-state index contributed by atoms with van der Waals surface area (Å²) in [6, 6.07) is 0. The highest BCUT2D eigenvalue weighted by Gasteiger charge is 2.28. The average Bonchev–Trinajstić information content (AvgIpc) is 2.67. The summed E-state index contributed by atoms with van der Waals surface area (Å²) in [5.41, 5.74) is 0. The molecule has 0 saturated carbocycles. The van der Waals surface area contributed by atoms with Gasteiger partial charge in [0.1, 0.15) is 0 Å². The maximum atomic E-state index is 11.4. The number of likely N-dealkylation sites (tertiary alicyclic amines) is 1. The Labute approximate surface area is 113 Å². The Kier molecular flexibility index (Phi) is 6.49. The van der Waals surface area contributed by atoms with E-state index >= 15 is 0 Å². The molecule has 1 saturated heterocycles. The van der Waals surface area contributed by atoms with Crippen molar-refractivity contribution in [2.75, 3.05) is 26.3 Å². The molecule has 0 radical (unpaired) electrons. The predicted octanol–water partition coefficient (Wildman–Crippen LogP) is 0.314. The summed E-state index contributed by atoms with van der Waals surface area (Å²) in [5, 5.41) is 2.79. The number of amides is 3. The Balaban J connectivity index is 2.03. The van der Waals surface area contributed by atoms with E-state index in [2.05, 4.69) is 5.32 Å². The van der Waals surface area contributed by atoms with Gasteiger partial charge in [0.05, 0.1) is 19.8 Å². The fourth-order valence-electron chi connectivity index (χ4n) is 1.70. The Morgan fingerprint density at radius 2 is 1.89 bits per heavy atom. The number of carbonyl (C=O) groups excluding carboxylic acids is 3. The van der Waals surface area contributed by atoms with Crippen LogP contribution in [0.4, 0.5) is 0 Å². The maximum Gasteiger partial charge on any atom is 0.229 e. The Bertz CT molecular complexity index is 326. The van der Waals surface area contributed by atoms with Crippen LogP contribution in [-0.2, 0) is 19.1 Å². The number of nitrogens with zero attached hydrogens (tertiary/aromatic N) is 1. The van der Waals surface area contributed by atoms with E-state index in [4.69, 9.17) is 4.74 Å². The molecule has 0 spiro atoms. The molecule has 0 bridgehead atoms. The van der Waals surface area contributed by atoms with Gasteiger partial charge in [-0.25, -0.2) is 0 Å². The van der Waals surface area contributed by atoms with Gasteiger partial charge in [-0.1, -0.05) is 13.8 Å². The lowest BCUT2D eigenvalue weighted by Crippen LogP contribution is -2.33. The number of nitrogens with one attached hydrogen (secondary N) is 1. The summed E-state index contributed by atoms with van der Waals surface area (Å²) in [7, 11) is 0. The average molecular weight is 270 g/mol. The van der Waals surface area contributed by atoms with E-state index in [1.807, 2.05) is 13.8 Å². The van der Waals surface area contributed by atoms with Gasteiger partial charge >= 0.3 is 0 Å². The van der Waals surface area contributed by atoms with E-state index < -0.39 is 0 Å². The number of carbonyl (C=O) groups is 3. The number of rotatable bonds is 8. The second-order valence-electron chi connectivity index (χ2n) is 5.00. The van der Waals surface area contributed by atoms with Crippen LogP contribution in [0, 0.1) is 5.92 Å². The van der Waals surface area contributed by atoms with Crippen molar-refractivity contribution in [3.63, 3.8) is 0 Å². The lowest BCUT2D eigenvalue weighted by Gasteiger charge is -2.13. The van der Waals surface area contributed by atoms with Crippen LogP contribution in [0.3, 0.4) is 0 Å². The largest absolute Gasteiger partial charge is 0.379 e. The van der Waals surface area contributed by atoms with Crippen LogP contribution >= 0.6 is 0 Å². The molecule has 1 aliphatic heterocycles. The summed E-state index contributed by atoms with van der Waals surface area (Å²) in [5.74, 6) is 0.116. The lowest BCUT2D eigenvalue weighted by molar-refractivity contribution is -0.139. The fraction of sp³-hybridized carbons (Fsp3) is 0.769. The molecule has 1 fully saturated rings. The van der Waals surface area contributed by atoms with E-state index in [1.165, 1.54) is 4.90 Å². The molecular weight excluding hydrogens is 248 g/mol. The zero-order valence-electron chi connectivity index (χ0n) is 11.6. The van der Waals surface area contributed by atoms with Gasteiger partial charge in [-0.3, -0.25) is 19.3 Å². The van der Waals surface area contributed by atoms with Crippen LogP contribution in [0.25, 0.3) is 0 Å². The SMILES string of the molecule is CC(C)CNC(=O)CCOCCN1C(=O)CCC1=O. The Hall–Kier alpha value is -1.43. The molecule has 0 aromatic rings. The zero-order chi connectivity index (χ0) is 14.3. The molecule has 1 heterocycles. The maximum absolute atomic E-state index is 11.4. The van der Waals surface area contributed by atoms with Crippen molar-refractivity contribution in [3.05, 3.63) is 0 Å². The van der Waals surface area contributed by atoms with Crippen molar-refractivity contribution in [2.45, 2.75) is 33.1 Å². The normalized spacial score (nSPS) is 15.4. The van der Waals surface area contributed by atoms with Crippen LogP contribution in [0.15, 0.2) is 0 Å².